The number of nitrogens with zero attached hydrogens (tertiary/aromatic N) is 3. The first kappa shape index (κ1) is 19.7. The molecule has 0 aliphatic carbocycles. The molecule has 0 spiro atoms. The summed E-state index contributed by atoms with van der Waals surface area (Å²) in [4.78, 5) is 21.5. The van der Waals surface area contributed by atoms with Gasteiger partial charge in [-0.05, 0) is 28.1 Å². The molecule has 6 nitrogen and oxygen atoms in total. The number of fused-ring (bicyclic) bond motifs is 1. The minimum atomic E-state index is -4.61. The molecule has 1 aliphatic rings. The Bertz CT molecular complexity index is 1030. The second kappa shape index (κ2) is 6.86. The first-order valence-corrected chi connectivity index (χ1v) is 10.3. The second-order valence-electron chi connectivity index (χ2n) is 5.80. The molecule has 144 valence electrons. The van der Waals surface area contributed by atoms with Crippen LogP contribution in [0.25, 0.3) is 0 Å². The van der Waals surface area contributed by atoms with Gasteiger partial charge in [0.15, 0.2) is 9.84 Å². The first-order chi connectivity index (χ1) is 12.5. The summed E-state index contributed by atoms with van der Waals surface area (Å²) in [6.07, 6.45) is -2.35. The molecule has 3 heterocycles. The van der Waals surface area contributed by atoms with Crippen LogP contribution in [0.2, 0.25) is 0 Å². The van der Waals surface area contributed by atoms with Gasteiger partial charge < -0.3 is 4.90 Å². The third kappa shape index (κ3) is 3.70. The third-order valence-corrected chi connectivity index (χ3v) is 6.29. The van der Waals surface area contributed by atoms with Gasteiger partial charge in [-0.3, -0.25) is 9.78 Å². The number of alkyl halides is 3. The Balaban J connectivity index is 2.08. The van der Waals surface area contributed by atoms with E-state index in [2.05, 4.69) is 25.9 Å². The molecule has 0 aromatic carbocycles. The predicted molar refractivity (Wildman–Crippen MR) is 94.3 cm³/mol. The van der Waals surface area contributed by atoms with E-state index in [1.165, 1.54) is 19.2 Å². The molecule has 3 rings (SSSR count). The molecule has 0 bridgehead atoms. The summed E-state index contributed by atoms with van der Waals surface area (Å²) in [6, 6.07) is 2.11. The molecular weight excluding hydrogens is 451 g/mol. The fourth-order valence-corrected chi connectivity index (χ4v) is 4.25. The summed E-state index contributed by atoms with van der Waals surface area (Å²) >= 11 is 3.12. The Hall–Kier alpha value is -2.01. The lowest BCUT2D eigenvalue weighted by atomic mass is 10.2. The van der Waals surface area contributed by atoms with Crippen LogP contribution in [-0.4, -0.2) is 36.6 Å². The Morgan fingerprint density at radius 1 is 1.26 bits per heavy atom. The minimum Gasteiger partial charge on any atom is -0.305 e. The van der Waals surface area contributed by atoms with Gasteiger partial charge in [-0.25, -0.2) is 13.4 Å². The lowest BCUT2D eigenvalue weighted by molar-refractivity contribution is -0.137. The van der Waals surface area contributed by atoms with Gasteiger partial charge in [-0.1, -0.05) is 6.92 Å². The second-order valence-corrected chi connectivity index (χ2v) is 8.96. The Morgan fingerprint density at radius 3 is 2.59 bits per heavy atom. The predicted octanol–water partition coefficient (Wildman–Crippen LogP) is 3.25. The van der Waals surface area contributed by atoms with E-state index in [0.29, 0.717) is 10.2 Å². The average Bonchev–Trinajstić information content (AvgIpc) is 3.03. The van der Waals surface area contributed by atoms with Crippen molar-refractivity contribution in [2.75, 3.05) is 17.2 Å². The highest BCUT2D eigenvalue weighted by Crippen LogP contribution is 2.35. The van der Waals surface area contributed by atoms with Gasteiger partial charge in [-0.15, -0.1) is 0 Å². The summed E-state index contributed by atoms with van der Waals surface area (Å²) in [6.45, 7) is 1.51. The number of sulfone groups is 1. The summed E-state index contributed by atoms with van der Waals surface area (Å²) in [5.74, 6) is -1.03. The van der Waals surface area contributed by atoms with Gasteiger partial charge in [0.25, 0.3) is 5.91 Å². The Labute approximate surface area is 161 Å². The van der Waals surface area contributed by atoms with Crippen molar-refractivity contribution in [1.82, 2.24) is 9.97 Å². The first-order valence-electron chi connectivity index (χ1n) is 7.81. The van der Waals surface area contributed by atoms with Gasteiger partial charge in [0.05, 0.1) is 27.6 Å². The highest BCUT2D eigenvalue weighted by Gasteiger charge is 2.36. The number of aromatic nitrogens is 2. The smallest absolute Gasteiger partial charge is 0.305 e. The van der Waals surface area contributed by atoms with E-state index >= 15 is 0 Å². The normalized spacial score (nSPS) is 14.3. The van der Waals surface area contributed by atoms with E-state index < -0.39 is 27.5 Å². The number of anilines is 1. The number of pyridine rings is 2. The lowest BCUT2D eigenvalue weighted by Gasteiger charge is -2.19. The third-order valence-electron chi connectivity index (χ3n) is 4.12. The molecule has 0 saturated heterocycles. The zero-order valence-electron chi connectivity index (χ0n) is 13.9. The minimum absolute atomic E-state index is 0.0133. The van der Waals surface area contributed by atoms with E-state index in [9.17, 15) is 26.4 Å². The number of amides is 1. The van der Waals surface area contributed by atoms with Gasteiger partial charge in [0.1, 0.15) is 5.69 Å². The molecule has 0 atom stereocenters. The van der Waals surface area contributed by atoms with Gasteiger partial charge >= 0.3 is 6.18 Å². The Morgan fingerprint density at radius 2 is 1.96 bits per heavy atom. The molecule has 0 radical (unpaired) electrons. The number of carbonyl (C=O) groups is 1. The van der Waals surface area contributed by atoms with Crippen LogP contribution >= 0.6 is 15.9 Å². The van der Waals surface area contributed by atoms with Crippen molar-refractivity contribution in [3.8, 4) is 0 Å². The van der Waals surface area contributed by atoms with Crippen LogP contribution < -0.4 is 4.90 Å². The van der Waals surface area contributed by atoms with Crippen LogP contribution in [0.1, 0.15) is 28.7 Å². The molecule has 1 amide bonds. The number of rotatable bonds is 3. The maximum atomic E-state index is 13.0. The zero-order chi connectivity index (χ0) is 20.0. The summed E-state index contributed by atoms with van der Waals surface area (Å²) in [5, 5.41) is 0. The molecule has 27 heavy (non-hydrogen) atoms. The topological polar surface area (TPSA) is 80.2 Å². The molecule has 1 aliphatic heterocycles. The lowest BCUT2D eigenvalue weighted by Crippen LogP contribution is -2.31. The summed E-state index contributed by atoms with van der Waals surface area (Å²) in [7, 11) is -3.77. The van der Waals surface area contributed by atoms with Crippen molar-refractivity contribution < 1.29 is 26.4 Å². The monoisotopic (exact) mass is 463 g/mol. The number of hydrogen-bond acceptors (Lipinski definition) is 5. The molecule has 0 unspecified atom stereocenters. The molecule has 2 aromatic rings. The van der Waals surface area contributed by atoms with Crippen LogP contribution in [0, 0.1) is 0 Å². The fourth-order valence-electron chi connectivity index (χ4n) is 2.71. The van der Waals surface area contributed by atoms with Crippen molar-refractivity contribution in [1.29, 1.82) is 0 Å². The quantitative estimate of drug-likeness (QED) is 0.697. The van der Waals surface area contributed by atoms with Crippen molar-refractivity contribution in [3.63, 3.8) is 0 Å². The van der Waals surface area contributed by atoms with Crippen LogP contribution in [0.4, 0.5) is 18.9 Å². The van der Waals surface area contributed by atoms with E-state index in [4.69, 9.17) is 0 Å². The maximum absolute atomic E-state index is 13.0. The van der Waals surface area contributed by atoms with Gasteiger partial charge in [0, 0.05) is 29.8 Å². The average molecular weight is 464 g/mol. The summed E-state index contributed by atoms with van der Waals surface area (Å²) < 4.78 is 64.0. The van der Waals surface area contributed by atoms with Crippen molar-refractivity contribution in [3.05, 3.63) is 46.0 Å². The molecule has 0 saturated carbocycles. The highest BCUT2D eigenvalue weighted by molar-refractivity contribution is 9.10. The van der Waals surface area contributed by atoms with Gasteiger partial charge in [-0.2, -0.15) is 13.2 Å². The molecule has 11 heteroatoms. The number of halogens is 4. The van der Waals surface area contributed by atoms with Crippen molar-refractivity contribution in [2.24, 2.45) is 0 Å². The summed E-state index contributed by atoms with van der Waals surface area (Å²) in [5.41, 5.74) is -0.954. The standard InChI is InChI=1S/C16H13BrF3N3O3S/c1-2-27(25,26)13-6-10(17)8-22-14(13)15(24)23-4-3-11-12(23)5-9(7-21-11)16(18,19)20/h5-8H,2-4H2,1H3. The maximum Gasteiger partial charge on any atom is 0.417 e. The highest BCUT2D eigenvalue weighted by atomic mass is 79.9. The zero-order valence-corrected chi connectivity index (χ0v) is 16.3. The fraction of sp³-hybridized carbons (Fsp3) is 0.312. The van der Waals surface area contributed by atoms with Gasteiger partial charge in [0.2, 0.25) is 0 Å². The SMILES string of the molecule is CCS(=O)(=O)c1cc(Br)cnc1C(=O)N1CCc2ncc(C(F)(F)F)cc21. The largest absolute Gasteiger partial charge is 0.417 e. The van der Waals surface area contributed by atoms with Crippen LogP contribution in [0.3, 0.4) is 0 Å². The van der Waals surface area contributed by atoms with Crippen LogP contribution in [-0.2, 0) is 22.4 Å². The van der Waals surface area contributed by atoms with E-state index in [1.807, 2.05) is 0 Å². The van der Waals surface area contributed by atoms with E-state index in [0.717, 1.165) is 17.2 Å². The number of carbonyl (C=O) groups excluding carboxylic acids is 1. The van der Waals surface area contributed by atoms with E-state index in [1.54, 1.807) is 0 Å². The number of hydrogen-bond donors (Lipinski definition) is 0. The van der Waals surface area contributed by atoms with Crippen molar-refractivity contribution in [2.45, 2.75) is 24.4 Å². The van der Waals surface area contributed by atoms with Crippen LogP contribution in [0.5, 0.6) is 0 Å². The Kier molecular flexibility index (Phi) is 5.02. The van der Waals surface area contributed by atoms with Crippen LogP contribution in [0.15, 0.2) is 33.9 Å². The molecular formula is C16H13BrF3N3O3S. The molecule has 2 aromatic heterocycles. The van der Waals surface area contributed by atoms with E-state index in [-0.39, 0.29) is 35.0 Å². The molecule has 0 N–H and O–H groups in total. The van der Waals surface area contributed by atoms with Crippen molar-refractivity contribution >= 4 is 37.4 Å². The molecule has 0 fully saturated rings.